The highest BCUT2D eigenvalue weighted by Crippen LogP contribution is 2.21. The van der Waals surface area contributed by atoms with Gasteiger partial charge in [0.05, 0.1) is 0 Å². The smallest absolute Gasteiger partial charge is 0.206 e. The Kier molecular flexibility index (Phi) is 3.81. The van der Waals surface area contributed by atoms with Gasteiger partial charge in [0.25, 0.3) is 10.0 Å². The molecule has 0 aliphatic heterocycles. The summed E-state index contributed by atoms with van der Waals surface area (Å²) in [5, 5.41) is 1.44. The van der Waals surface area contributed by atoms with Gasteiger partial charge in [-0.05, 0) is 32.2 Å². The van der Waals surface area contributed by atoms with E-state index in [9.17, 15) is 8.42 Å². The Hall–Kier alpha value is -0.100. The SMILES string of the molecule is CC(Cl)C(C)(C)NS(=O)(=O)c1cccs1. The number of alkyl halides is 1. The molecule has 1 aromatic heterocycles. The molecule has 0 saturated carbocycles. The van der Waals surface area contributed by atoms with Crippen molar-refractivity contribution in [2.24, 2.45) is 0 Å². The third-order valence-corrected chi connectivity index (χ3v) is 5.77. The first-order chi connectivity index (χ1) is 6.76. The first-order valence-corrected chi connectivity index (χ1v) is 7.27. The van der Waals surface area contributed by atoms with E-state index in [1.165, 1.54) is 11.3 Å². The van der Waals surface area contributed by atoms with Gasteiger partial charge in [0.2, 0.25) is 0 Å². The van der Waals surface area contributed by atoms with E-state index in [-0.39, 0.29) is 5.38 Å². The Balaban J connectivity index is 2.92. The fraction of sp³-hybridized carbons (Fsp3) is 0.556. The van der Waals surface area contributed by atoms with Crippen LogP contribution in [-0.2, 0) is 10.0 Å². The lowest BCUT2D eigenvalue weighted by molar-refractivity contribution is 0.446. The standard InChI is InChI=1S/C9H14ClNO2S2/c1-7(10)9(2,3)11-15(12,13)8-5-4-6-14-8/h4-7,11H,1-3H3. The van der Waals surface area contributed by atoms with Crippen molar-refractivity contribution >= 4 is 33.0 Å². The number of sulfonamides is 1. The van der Waals surface area contributed by atoms with Crippen LogP contribution in [0.3, 0.4) is 0 Å². The summed E-state index contributed by atoms with van der Waals surface area (Å²) in [6.07, 6.45) is 0. The molecule has 0 radical (unpaired) electrons. The zero-order valence-electron chi connectivity index (χ0n) is 8.82. The molecule has 0 bridgehead atoms. The van der Waals surface area contributed by atoms with E-state index in [0.29, 0.717) is 4.21 Å². The predicted octanol–water partition coefficient (Wildman–Crippen LogP) is 2.43. The second kappa shape index (κ2) is 4.41. The van der Waals surface area contributed by atoms with Crippen molar-refractivity contribution < 1.29 is 8.42 Å². The summed E-state index contributed by atoms with van der Waals surface area (Å²) in [7, 11) is -3.44. The molecule has 0 spiro atoms. The van der Waals surface area contributed by atoms with Crippen molar-refractivity contribution in [1.29, 1.82) is 0 Å². The average Bonchev–Trinajstić information content (AvgIpc) is 2.53. The number of rotatable bonds is 4. The molecule has 0 aliphatic rings. The molecule has 0 aliphatic carbocycles. The largest absolute Gasteiger partial charge is 0.250 e. The van der Waals surface area contributed by atoms with Crippen LogP contribution in [0, 0.1) is 0 Å². The van der Waals surface area contributed by atoms with Crippen LogP contribution in [-0.4, -0.2) is 19.3 Å². The van der Waals surface area contributed by atoms with Crippen molar-refractivity contribution in [3.05, 3.63) is 17.5 Å². The third-order valence-electron chi connectivity index (χ3n) is 2.15. The van der Waals surface area contributed by atoms with Crippen molar-refractivity contribution in [2.45, 2.75) is 35.9 Å². The maximum Gasteiger partial charge on any atom is 0.250 e. The van der Waals surface area contributed by atoms with Crippen molar-refractivity contribution in [2.75, 3.05) is 0 Å². The zero-order chi connectivity index (χ0) is 11.7. The van der Waals surface area contributed by atoms with Gasteiger partial charge in [0.1, 0.15) is 4.21 Å². The van der Waals surface area contributed by atoms with Crippen molar-refractivity contribution in [3.8, 4) is 0 Å². The minimum Gasteiger partial charge on any atom is -0.206 e. The van der Waals surface area contributed by atoms with Crippen LogP contribution in [0.1, 0.15) is 20.8 Å². The molecule has 6 heteroatoms. The van der Waals surface area contributed by atoms with E-state index < -0.39 is 15.6 Å². The summed E-state index contributed by atoms with van der Waals surface area (Å²) < 4.78 is 26.6. The topological polar surface area (TPSA) is 46.2 Å². The van der Waals surface area contributed by atoms with E-state index >= 15 is 0 Å². The molecule has 15 heavy (non-hydrogen) atoms. The fourth-order valence-corrected chi connectivity index (χ4v) is 3.49. The summed E-state index contributed by atoms with van der Waals surface area (Å²) in [6, 6.07) is 3.28. The lowest BCUT2D eigenvalue weighted by Gasteiger charge is -2.28. The first kappa shape index (κ1) is 13.0. The second-order valence-corrected chi connectivity index (χ2v) is 7.39. The molecule has 1 heterocycles. The fourth-order valence-electron chi connectivity index (χ4n) is 0.894. The van der Waals surface area contributed by atoms with E-state index in [2.05, 4.69) is 4.72 Å². The van der Waals surface area contributed by atoms with Gasteiger partial charge < -0.3 is 0 Å². The van der Waals surface area contributed by atoms with Crippen LogP contribution in [0.2, 0.25) is 0 Å². The molecular weight excluding hydrogens is 254 g/mol. The summed E-state index contributed by atoms with van der Waals surface area (Å²) >= 11 is 7.10. The molecule has 86 valence electrons. The average molecular weight is 268 g/mol. The first-order valence-electron chi connectivity index (χ1n) is 4.47. The Labute approximate surface area is 99.5 Å². The van der Waals surface area contributed by atoms with Crippen LogP contribution in [0.4, 0.5) is 0 Å². The summed E-state index contributed by atoms with van der Waals surface area (Å²) in [5.41, 5.74) is -0.662. The molecule has 0 fully saturated rings. The molecular formula is C9H14ClNO2S2. The summed E-state index contributed by atoms with van der Waals surface area (Å²) in [4.78, 5) is 0. The number of halogens is 1. The quantitative estimate of drug-likeness (QED) is 0.852. The summed E-state index contributed by atoms with van der Waals surface area (Å²) in [5.74, 6) is 0. The maximum atomic E-state index is 11.9. The minimum absolute atomic E-state index is 0.285. The molecule has 1 unspecified atom stereocenters. The van der Waals surface area contributed by atoms with Gasteiger partial charge >= 0.3 is 0 Å². The van der Waals surface area contributed by atoms with E-state index in [0.717, 1.165) is 0 Å². The normalized spacial score (nSPS) is 15.2. The zero-order valence-corrected chi connectivity index (χ0v) is 11.2. The monoisotopic (exact) mass is 267 g/mol. The maximum absolute atomic E-state index is 11.9. The highest BCUT2D eigenvalue weighted by atomic mass is 35.5. The molecule has 0 amide bonds. The van der Waals surface area contributed by atoms with Crippen LogP contribution in [0.15, 0.2) is 21.7 Å². The Morgan fingerprint density at radius 2 is 2.13 bits per heavy atom. The third kappa shape index (κ3) is 3.17. The summed E-state index contributed by atoms with van der Waals surface area (Å²) in [6.45, 7) is 5.28. The highest BCUT2D eigenvalue weighted by molar-refractivity contribution is 7.91. The van der Waals surface area contributed by atoms with E-state index in [1.54, 1.807) is 38.3 Å². The lowest BCUT2D eigenvalue weighted by Crippen LogP contribution is -2.48. The molecule has 1 atom stereocenters. The van der Waals surface area contributed by atoms with Crippen LogP contribution in [0.5, 0.6) is 0 Å². The number of hydrogen-bond donors (Lipinski definition) is 1. The Morgan fingerprint density at radius 1 is 1.53 bits per heavy atom. The number of thiophene rings is 1. The lowest BCUT2D eigenvalue weighted by atomic mass is 10.0. The van der Waals surface area contributed by atoms with Gasteiger partial charge in [0.15, 0.2) is 0 Å². The molecule has 0 saturated heterocycles. The van der Waals surface area contributed by atoms with Gasteiger partial charge in [-0.15, -0.1) is 22.9 Å². The molecule has 1 rings (SSSR count). The van der Waals surface area contributed by atoms with Gasteiger partial charge in [-0.3, -0.25) is 0 Å². The van der Waals surface area contributed by atoms with Crippen molar-refractivity contribution in [1.82, 2.24) is 4.72 Å². The Morgan fingerprint density at radius 3 is 2.53 bits per heavy atom. The number of hydrogen-bond acceptors (Lipinski definition) is 3. The second-order valence-electron chi connectivity index (χ2n) is 3.88. The molecule has 3 nitrogen and oxygen atoms in total. The van der Waals surface area contributed by atoms with Crippen LogP contribution >= 0.6 is 22.9 Å². The number of nitrogens with one attached hydrogen (secondary N) is 1. The van der Waals surface area contributed by atoms with E-state index in [4.69, 9.17) is 11.6 Å². The molecule has 1 N–H and O–H groups in total. The van der Waals surface area contributed by atoms with Crippen LogP contribution in [0.25, 0.3) is 0 Å². The van der Waals surface area contributed by atoms with Crippen LogP contribution < -0.4 is 4.72 Å². The van der Waals surface area contributed by atoms with Gasteiger partial charge in [0, 0.05) is 10.9 Å². The van der Waals surface area contributed by atoms with E-state index in [1.807, 2.05) is 0 Å². The van der Waals surface area contributed by atoms with Gasteiger partial charge in [-0.25, -0.2) is 13.1 Å². The van der Waals surface area contributed by atoms with Gasteiger partial charge in [-0.2, -0.15) is 0 Å². The van der Waals surface area contributed by atoms with Gasteiger partial charge in [-0.1, -0.05) is 6.07 Å². The Bertz CT molecular complexity index is 409. The molecule has 0 aromatic carbocycles. The highest BCUT2D eigenvalue weighted by Gasteiger charge is 2.30. The molecule has 1 aromatic rings. The minimum atomic E-state index is -3.44. The predicted molar refractivity (Wildman–Crippen MR) is 64.0 cm³/mol. The van der Waals surface area contributed by atoms with Crippen molar-refractivity contribution in [3.63, 3.8) is 0 Å².